The molecule has 2 aromatic carbocycles. The number of aldehydes is 1. The molecule has 0 atom stereocenters. The van der Waals surface area contributed by atoms with Crippen LogP contribution in [0.1, 0.15) is 10.4 Å². The van der Waals surface area contributed by atoms with Gasteiger partial charge in [0.25, 0.3) is 0 Å². The van der Waals surface area contributed by atoms with Gasteiger partial charge in [0.05, 0.1) is 5.39 Å². The van der Waals surface area contributed by atoms with Crippen molar-refractivity contribution in [2.75, 3.05) is 0 Å². The molecule has 3 nitrogen and oxygen atoms in total. The number of benzene rings is 2. The van der Waals surface area contributed by atoms with Gasteiger partial charge in [-0.25, -0.2) is 0 Å². The predicted molar refractivity (Wildman–Crippen MR) is 69.8 cm³/mol. The highest BCUT2D eigenvalue weighted by Crippen LogP contribution is 2.29. The fourth-order valence-electron chi connectivity index (χ4n) is 1.84. The molecular weight excluding hydrogens is 250 g/mol. The Morgan fingerprint density at radius 3 is 2.61 bits per heavy atom. The lowest BCUT2D eigenvalue weighted by Gasteiger charge is -1.97. The molecule has 0 aliphatic heterocycles. The number of carbonyl (C=O) groups excluding carboxylic acids is 1. The van der Waals surface area contributed by atoms with Crippen molar-refractivity contribution in [3.63, 3.8) is 0 Å². The summed E-state index contributed by atoms with van der Waals surface area (Å²) in [5.74, 6) is 0. The van der Waals surface area contributed by atoms with E-state index in [0.717, 1.165) is 22.9 Å². The zero-order valence-electron chi connectivity index (χ0n) is 9.26. The van der Waals surface area contributed by atoms with Crippen molar-refractivity contribution in [2.24, 2.45) is 0 Å². The summed E-state index contributed by atoms with van der Waals surface area (Å²) in [4.78, 5) is 10.6. The molecule has 3 aromatic rings. The van der Waals surface area contributed by atoms with E-state index in [1.165, 1.54) is 0 Å². The Morgan fingerprint density at radius 1 is 1.11 bits per heavy atom. The van der Waals surface area contributed by atoms with Gasteiger partial charge in [-0.2, -0.15) is 0 Å². The minimum absolute atomic E-state index is 0.629. The van der Waals surface area contributed by atoms with Crippen molar-refractivity contribution in [1.29, 1.82) is 0 Å². The zero-order valence-corrected chi connectivity index (χ0v) is 10.0. The number of hydrogen-bond acceptors (Lipinski definition) is 3. The summed E-state index contributed by atoms with van der Waals surface area (Å²) in [6, 6.07) is 12.5. The van der Waals surface area contributed by atoms with Crippen molar-refractivity contribution in [3.8, 4) is 11.3 Å². The van der Waals surface area contributed by atoms with E-state index in [1.54, 1.807) is 24.3 Å². The third-order valence-electron chi connectivity index (χ3n) is 2.75. The quantitative estimate of drug-likeness (QED) is 0.653. The second-order valence-electron chi connectivity index (χ2n) is 3.91. The molecule has 0 unspecified atom stereocenters. The summed E-state index contributed by atoms with van der Waals surface area (Å²) in [5.41, 5.74) is 2.94. The number of hydrogen-bond donors (Lipinski definition) is 0. The summed E-state index contributed by atoms with van der Waals surface area (Å²) in [6.07, 6.45) is 0.807. The maximum Gasteiger partial charge on any atom is 0.167 e. The number of carbonyl (C=O) groups is 1. The van der Waals surface area contributed by atoms with Crippen LogP contribution in [0.2, 0.25) is 5.02 Å². The molecule has 1 heterocycles. The van der Waals surface area contributed by atoms with E-state index in [-0.39, 0.29) is 0 Å². The third kappa shape index (κ3) is 1.79. The minimum atomic E-state index is 0.629. The number of fused-ring (bicyclic) bond motifs is 1. The van der Waals surface area contributed by atoms with Gasteiger partial charge in [0.15, 0.2) is 5.58 Å². The molecule has 0 bridgehead atoms. The van der Waals surface area contributed by atoms with Crippen LogP contribution < -0.4 is 0 Å². The van der Waals surface area contributed by atoms with Crippen LogP contribution >= 0.6 is 11.6 Å². The number of rotatable bonds is 2. The standard InChI is InChI=1S/C14H8ClNO2/c15-11-5-6-13-12(7-11)14(16-18-13)10-3-1-9(8-17)2-4-10/h1-8H. The van der Waals surface area contributed by atoms with Gasteiger partial charge in [-0.05, 0) is 18.2 Å². The fraction of sp³-hybridized carbons (Fsp3) is 0. The molecule has 0 spiro atoms. The summed E-state index contributed by atoms with van der Waals surface area (Å²) < 4.78 is 5.24. The summed E-state index contributed by atoms with van der Waals surface area (Å²) in [6.45, 7) is 0. The minimum Gasteiger partial charge on any atom is -0.356 e. The number of nitrogens with zero attached hydrogens (tertiary/aromatic N) is 1. The van der Waals surface area contributed by atoms with Crippen molar-refractivity contribution >= 4 is 28.9 Å². The van der Waals surface area contributed by atoms with Gasteiger partial charge in [0.1, 0.15) is 12.0 Å². The van der Waals surface area contributed by atoms with Crippen LogP contribution in [-0.2, 0) is 0 Å². The SMILES string of the molecule is O=Cc1ccc(-c2noc3ccc(Cl)cc23)cc1. The Balaban J connectivity index is 2.18. The predicted octanol–water partition coefficient (Wildman–Crippen LogP) is 3.96. The number of aromatic nitrogens is 1. The summed E-state index contributed by atoms with van der Waals surface area (Å²) in [5, 5.41) is 5.54. The number of halogens is 1. The van der Waals surface area contributed by atoms with Gasteiger partial charge in [-0.1, -0.05) is 41.0 Å². The molecule has 0 aliphatic carbocycles. The summed E-state index contributed by atoms with van der Waals surface area (Å²) in [7, 11) is 0. The molecule has 0 amide bonds. The summed E-state index contributed by atoms with van der Waals surface area (Å²) >= 11 is 5.97. The smallest absolute Gasteiger partial charge is 0.167 e. The molecule has 4 heteroatoms. The van der Waals surface area contributed by atoms with Crippen LogP contribution in [0, 0.1) is 0 Å². The van der Waals surface area contributed by atoms with E-state index in [2.05, 4.69) is 5.16 Å². The maximum atomic E-state index is 10.6. The van der Waals surface area contributed by atoms with Crippen LogP contribution in [0.3, 0.4) is 0 Å². The molecule has 0 fully saturated rings. The van der Waals surface area contributed by atoms with Gasteiger partial charge in [-0.15, -0.1) is 0 Å². The van der Waals surface area contributed by atoms with E-state index >= 15 is 0 Å². The first kappa shape index (κ1) is 11.0. The highest BCUT2D eigenvalue weighted by molar-refractivity contribution is 6.31. The highest BCUT2D eigenvalue weighted by atomic mass is 35.5. The molecular formula is C14H8ClNO2. The largest absolute Gasteiger partial charge is 0.356 e. The van der Waals surface area contributed by atoms with Crippen molar-refractivity contribution < 1.29 is 9.32 Å². The lowest BCUT2D eigenvalue weighted by molar-refractivity contribution is 0.112. The van der Waals surface area contributed by atoms with Gasteiger partial charge in [0.2, 0.25) is 0 Å². The van der Waals surface area contributed by atoms with Gasteiger partial charge >= 0.3 is 0 Å². The fourth-order valence-corrected chi connectivity index (χ4v) is 2.01. The second kappa shape index (κ2) is 4.27. The van der Waals surface area contributed by atoms with Gasteiger partial charge < -0.3 is 4.52 Å². The Hall–Kier alpha value is -2.13. The molecule has 3 rings (SSSR count). The molecule has 18 heavy (non-hydrogen) atoms. The first-order chi connectivity index (χ1) is 8.78. The Morgan fingerprint density at radius 2 is 1.89 bits per heavy atom. The molecule has 1 aromatic heterocycles. The Labute approximate surface area is 108 Å². The zero-order chi connectivity index (χ0) is 12.5. The Bertz CT molecular complexity index is 716. The molecule has 0 aliphatic rings. The van der Waals surface area contributed by atoms with Gasteiger partial charge in [0, 0.05) is 16.1 Å². The lowest BCUT2D eigenvalue weighted by atomic mass is 10.1. The van der Waals surface area contributed by atoms with Crippen molar-refractivity contribution in [1.82, 2.24) is 5.16 Å². The monoisotopic (exact) mass is 257 g/mol. The highest BCUT2D eigenvalue weighted by Gasteiger charge is 2.10. The molecule has 88 valence electrons. The van der Waals surface area contributed by atoms with Crippen LogP contribution in [0.5, 0.6) is 0 Å². The molecule has 0 radical (unpaired) electrons. The first-order valence-electron chi connectivity index (χ1n) is 5.38. The normalized spacial score (nSPS) is 10.7. The van der Waals surface area contributed by atoms with Crippen LogP contribution in [-0.4, -0.2) is 11.4 Å². The molecule has 0 N–H and O–H groups in total. The van der Waals surface area contributed by atoms with E-state index in [9.17, 15) is 4.79 Å². The average molecular weight is 258 g/mol. The van der Waals surface area contributed by atoms with Crippen molar-refractivity contribution in [2.45, 2.75) is 0 Å². The maximum absolute atomic E-state index is 10.6. The van der Waals surface area contributed by atoms with E-state index in [1.807, 2.05) is 18.2 Å². The molecule has 0 saturated heterocycles. The molecule has 0 saturated carbocycles. The van der Waals surface area contributed by atoms with Crippen LogP contribution in [0.15, 0.2) is 47.0 Å². The Kier molecular flexibility index (Phi) is 2.61. The van der Waals surface area contributed by atoms with Gasteiger partial charge in [-0.3, -0.25) is 4.79 Å². The van der Waals surface area contributed by atoms with E-state index in [4.69, 9.17) is 16.1 Å². The van der Waals surface area contributed by atoms with E-state index < -0.39 is 0 Å². The second-order valence-corrected chi connectivity index (χ2v) is 4.35. The lowest BCUT2D eigenvalue weighted by Crippen LogP contribution is -1.81. The topological polar surface area (TPSA) is 43.1 Å². The first-order valence-corrected chi connectivity index (χ1v) is 5.76. The average Bonchev–Trinajstić information content (AvgIpc) is 2.82. The van der Waals surface area contributed by atoms with Crippen LogP contribution in [0.4, 0.5) is 0 Å². The third-order valence-corrected chi connectivity index (χ3v) is 2.99. The van der Waals surface area contributed by atoms with Crippen molar-refractivity contribution in [3.05, 3.63) is 53.1 Å². The van der Waals surface area contributed by atoms with Crippen LogP contribution in [0.25, 0.3) is 22.2 Å². The van der Waals surface area contributed by atoms with E-state index in [0.29, 0.717) is 16.2 Å².